The van der Waals surface area contributed by atoms with E-state index in [1.165, 1.54) is 19.2 Å². The van der Waals surface area contributed by atoms with Gasteiger partial charge < -0.3 is 30.2 Å². The Labute approximate surface area is 221 Å². The van der Waals surface area contributed by atoms with Crippen molar-refractivity contribution < 1.29 is 18.7 Å². The second kappa shape index (κ2) is 10.7. The molecule has 2 aromatic heterocycles. The molecule has 10 nitrogen and oxygen atoms in total. The number of aromatic nitrogens is 3. The number of fused-ring (bicyclic) bond motifs is 2. The summed E-state index contributed by atoms with van der Waals surface area (Å²) in [4.78, 5) is 43.1. The lowest BCUT2D eigenvalue weighted by atomic mass is 9.91. The summed E-state index contributed by atoms with van der Waals surface area (Å²) in [5.41, 5.74) is 1.72. The molecule has 4 heterocycles. The Morgan fingerprint density at radius 3 is 2.71 bits per heavy atom. The van der Waals surface area contributed by atoms with Gasteiger partial charge in [-0.15, -0.1) is 0 Å². The average molecular weight is 524 g/mol. The van der Waals surface area contributed by atoms with Gasteiger partial charge in [-0.3, -0.25) is 9.59 Å². The second-order valence-electron chi connectivity index (χ2n) is 10.1. The van der Waals surface area contributed by atoms with Crippen LogP contribution < -0.4 is 15.5 Å². The summed E-state index contributed by atoms with van der Waals surface area (Å²) in [5, 5.41) is 6.73. The number of halogens is 1. The molecule has 2 saturated heterocycles. The minimum atomic E-state index is -0.846. The topological polar surface area (TPSA) is 115 Å². The molecule has 6 unspecified atom stereocenters. The molecule has 202 valence electrons. The Bertz CT molecular complexity index is 1300. The van der Waals surface area contributed by atoms with Gasteiger partial charge in [0.05, 0.1) is 24.2 Å². The van der Waals surface area contributed by atoms with E-state index in [2.05, 4.69) is 30.5 Å². The number of carbonyl (C=O) groups excluding carboxylic acids is 2. The van der Waals surface area contributed by atoms with E-state index in [0.29, 0.717) is 24.6 Å². The summed E-state index contributed by atoms with van der Waals surface area (Å²) >= 11 is 0. The molecule has 2 fully saturated rings. The molecule has 38 heavy (non-hydrogen) atoms. The maximum absolute atomic E-state index is 14.1. The van der Waals surface area contributed by atoms with Crippen molar-refractivity contribution in [2.75, 3.05) is 32.1 Å². The van der Waals surface area contributed by atoms with Crippen molar-refractivity contribution in [3.8, 4) is 0 Å². The van der Waals surface area contributed by atoms with Crippen LogP contribution in [0.25, 0.3) is 10.9 Å². The Kier molecular flexibility index (Phi) is 7.31. The maximum atomic E-state index is 14.1. The van der Waals surface area contributed by atoms with E-state index < -0.39 is 18.2 Å². The standard InChI is InChI=1S/C27H34FN7O3/c1-15(29-3)25(36)33-23(16(2)38-4)26(37)34-11-8-22-24(34)20(14-35(22)27-30-9-5-10-31-27)19-13-32-21-12-17(28)6-7-18(19)21/h5-7,9-10,12-13,15-16,20,22-24,29,32H,8,11,14H2,1-4H3,(H,33,36). The maximum Gasteiger partial charge on any atom is 0.248 e. The summed E-state index contributed by atoms with van der Waals surface area (Å²) in [7, 11) is 3.23. The number of amides is 2. The number of carbonyl (C=O) groups is 2. The molecule has 11 heteroatoms. The lowest BCUT2D eigenvalue weighted by molar-refractivity contribution is -0.141. The van der Waals surface area contributed by atoms with E-state index in [1.54, 1.807) is 45.4 Å². The van der Waals surface area contributed by atoms with Crippen LogP contribution in [0.3, 0.4) is 0 Å². The number of H-pyrrole nitrogens is 1. The van der Waals surface area contributed by atoms with Gasteiger partial charge in [0, 0.05) is 55.6 Å². The molecule has 3 aromatic rings. The third-order valence-electron chi connectivity index (χ3n) is 8.02. The van der Waals surface area contributed by atoms with Crippen LogP contribution in [0.2, 0.25) is 0 Å². The first kappa shape index (κ1) is 26.1. The number of anilines is 1. The minimum Gasteiger partial charge on any atom is -0.379 e. The van der Waals surface area contributed by atoms with Crippen LogP contribution in [0.4, 0.5) is 10.3 Å². The molecular weight excluding hydrogens is 489 g/mol. The predicted molar refractivity (Wildman–Crippen MR) is 141 cm³/mol. The van der Waals surface area contributed by atoms with E-state index >= 15 is 0 Å². The number of methoxy groups -OCH3 is 1. The summed E-state index contributed by atoms with van der Waals surface area (Å²) in [5.74, 6) is -0.236. The van der Waals surface area contributed by atoms with Gasteiger partial charge in [0.2, 0.25) is 17.8 Å². The Morgan fingerprint density at radius 2 is 2.00 bits per heavy atom. The molecule has 3 N–H and O–H groups in total. The number of likely N-dealkylation sites (tertiary alicyclic amines) is 1. The van der Waals surface area contributed by atoms with E-state index in [1.807, 2.05) is 11.1 Å². The minimum absolute atomic E-state index is 0.0119. The molecule has 2 aliphatic heterocycles. The molecule has 0 bridgehead atoms. The fourth-order valence-electron chi connectivity index (χ4n) is 5.82. The fraction of sp³-hybridized carbons (Fsp3) is 0.481. The van der Waals surface area contributed by atoms with Gasteiger partial charge >= 0.3 is 0 Å². The molecule has 6 atom stereocenters. The van der Waals surface area contributed by atoms with E-state index in [9.17, 15) is 14.0 Å². The van der Waals surface area contributed by atoms with Crippen molar-refractivity contribution in [1.29, 1.82) is 0 Å². The lowest BCUT2D eigenvalue weighted by Crippen LogP contribution is -2.58. The van der Waals surface area contributed by atoms with Crippen LogP contribution in [0.1, 0.15) is 31.7 Å². The second-order valence-corrected chi connectivity index (χ2v) is 10.1. The van der Waals surface area contributed by atoms with Gasteiger partial charge in [-0.2, -0.15) is 0 Å². The lowest BCUT2D eigenvalue weighted by Gasteiger charge is -2.34. The Balaban J connectivity index is 1.52. The number of benzene rings is 1. The molecule has 1 aromatic carbocycles. The number of nitrogens with zero attached hydrogens (tertiary/aromatic N) is 4. The number of ether oxygens (including phenoxy) is 1. The summed E-state index contributed by atoms with van der Waals surface area (Å²) in [6, 6.07) is 4.98. The molecule has 2 amide bonds. The fourth-order valence-corrected chi connectivity index (χ4v) is 5.82. The number of hydrogen-bond donors (Lipinski definition) is 3. The van der Waals surface area contributed by atoms with Crippen molar-refractivity contribution >= 4 is 28.7 Å². The van der Waals surface area contributed by atoms with Crippen molar-refractivity contribution in [2.45, 2.75) is 56.5 Å². The highest BCUT2D eigenvalue weighted by molar-refractivity contribution is 5.91. The highest BCUT2D eigenvalue weighted by atomic mass is 19.1. The van der Waals surface area contributed by atoms with Crippen LogP contribution in [0.15, 0.2) is 42.9 Å². The zero-order chi connectivity index (χ0) is 27.0. The average Bonchev–Trinajstić information content (AvgIpc) is 3.64. The van der Waals surface area contributed by atoms with E-state index in [0.717, 1.165) is 17.4 Å². The number of likely N-dealkylation sites (N-methyl/N-ethyl adjacent to an activating group) is 1. The largest absolute Gasteiger partial charge is 0.379 e. The van der Waals surface area contributed by atoms with Gasteiger partial charge in [0.1, 0.15) is 11.9 Å². The zero-order valence-corrected chi connectivity index (χ0v) is 22.0. The number of hydrogen-bond acceptors (Lipinski definition) is 7. The number of rotatable bonds is 8. The normalized spacial score (nSPS) is 23.3. The van der Waals surface area contributed by atoms with Crippen LogP contribution in [-0.2, 0) is 14.3 Å². The van der Waals surface area contributed by atoms with Crippen LogP contribution in [-0.4, -0.2) is 89.2 Å². The first-order chi connectivity index (χ1) is 18.3. The van der Waals surface area contributed by atoms with E-state index in [4.69, 9.17) is 4.74 Å². The molecular formula is C27H34FN7O3. The quantitative estimate of drug-likeness (QED) is 0.412. The van der Waals surface area contributed by atoms with Crippen LogP contribution in [0.5, 0.6) is 0 Å². The summed E-state index contributed by atoms with van der Waals surface area (Å²) < 4.78 is 19.4. The first-order valence-electron chi connectivity index (χ1n) is 12.9. The molecule has 5 rings (SSSR count). The monoisotopic (exact) mass is 523 g/mol. The highest BCUT2D eigenvalue weighted by Gasteiger charge is 2.53. The molecule has 0 saturated carbocycles. The Morgan fingerprint density at radius 1 is 1.24 bits per heavy atom. The number of nitrogens with one attached hydrogen (secondary N) is 3. The van der Waals surface area contributed by atoms with Crippen LogP contribution in [0, 0.1) is 5.82 Å². The van der Waals surface area contributed by atoms with Crippen molar-refractivity contribution in [2.24, 2.45) is 0 Å². The number of aromatic amines is 1. The highest BCUT2D eigenvalue weighted by Crippen LogP contribution is 2.44. The van der Waals surface area contributed by atoms with Crippen molar-refractivity contribution in [3.63, 3.8) is 0 Å². The van der Waals surface area contributed by atoms with Gasteiger partial charge in [0.15, 0.2) is 0 Å². The van der Waals surface area contributed by atoms with Gasteiger partial charge in [-0.1, -0.05) is 0 Å². The summed E-state index contributed by atoms with van der Waals surface area (Å²) in [6.45, 7) is 4.65. The van der Waals surface area contributed by atoms with Gasteiger partial charge in [0.25, 0.3) is 0 Å². The van der Waals surface area contributed by atoms with Crippen molar-refractivity contribution in [1.82, 2.24) is 30.5 Å². The van der Waals surface area contributed by atoms with Crippen molar-refractivity contribution in [3.05, 3.63) is 54.2 Å². The first-order valence-corrected chi connectivity index (χ1v) is 12.9. The third kappa shape index (κ3) is 4.60. The summed E-state index contributed by atoms with van der Waals surface area (Å²) in [6.07, 6.45) is 5.54. The smallest absolute Gasteiger partial charge is 0.248 e. The molecule has 0 radical (unpaired) electrons. The van der Waals surface area contributed by atoms with E-state index in [-0.39, 0.29) is 35.6 Å². The van der Waals surface area contributed by atoms with Crippen LogP contribution >= 0.6 is 0 Å². The SMILES string of the molecule is CNC(C)C(=O)NC(C(=O)N1CCC2C1C(c1c[nH]c3cc(F)ccc13)CN2c1ncccn1)C(C)OC. The third-order valence-corrected chi connectivity index (χ3v) is 8.02. The van der Waals surface area contributed by atoms with Gasteiger partial charge in [-0.25, -0.2) is 14.4 Å². The molecule has 0 spiro atoms. The van der Waals surface area contributed by atoms with Gasteiger partial charge in [-0.05, 0) is 57.1 Å². The molecule has 2 aliphatic rings. The molecule has 0 aliphatic carbocycles. The zero-order valence-electron chi connectivity index (χ0n) is 22.0. The predicted octanol–water partition coefficient (Wildman–Crippen LogP) is 1.80. The Hall–Kier alpha value is -3.57.